The Kier molecular flexibility index (Phi) is 15.9. The topological polar surface area (TPSA) is 72.3 Å². The van der Waals surface area contributed by atoms with Crippen molar-refractivity contribution in [3.8, 4) is 0 Å². The van der Waals surface area contributed by atoms with Crippen LogP contribution < -0.4 is 6.15 Å². The van der Waals surface area contributed by atoms with Gasteiger partial charge < -0.3 is 14.1 Å². The largest absolute Gasteiger partial charge is 2.00 e. The Hall–Kier alpha value is 0.741. The van der Waals surface area contributed by atoms with E-state index < -0.39 is 0 Å². The van der Waals surface area contributed by atoms with Gasteiger partial charge in [0, 0.05) is 6.08 Å². The van der Waals surface area contributed by atoms with E-state index >= 15 is 0 Å². The van der Waals surface area contributed by atoms with Crippen molar-refractivity contribution in [1.82, 2.24) is 6.15 Å². The molecule has 0 unspecified atom stereocenters. The van der Waals surface area contributed by atoms with Crippen LogP contribution >= 0.6 is 0 Å². The van der Waals surface area contributed by atoms with Crippen LogP contribution in [0.25, 0.3) is 0 Å². The number of ketones is 1. The third kappa shape index (κ3) is 17.7. The van der Waals surface area contributed by atoms with E-state index in [0.29, 0.717) is 0 Å². The summed E-state index contributed by atoms with van der Waals surface area (Å²) in [4.78, 5) is 10.0. The van der Waals surface area contributed by atoms with Crippen LogP contribution in [-0.2, 0) is 4.79 Å². The van der Waals surface area contributed by atoms with Crippen LogP contribution in [0.15, 0.2) is 11.8 Å². The number of carbonyl (C=O) groups excluding carboxylic acids is 1. The standard InChI is InChI=1S/C5H8O2.Ba.H3N.2H/c1-4(6)3-5(2)7;;;;/h3,6H,1-2H3;;1H3;;/q;+2;;2*-1/b4-3-;;;;. The summed E-state index contributed by atoms with van der Waals surface area (Å²) in [5.74, 6) is -0.0625. The first-order valence-corrected chi connectivity index (χ1v) is 2.01. The molecule has 0 aromatic heterocycles. The zero-order chi connectivity index (χ0) is 5.86. The van der Waals surface area contributed by atoms with Crippen molar-refractivity contribution in [1.29, 1.82) is 0 Å². The van der Waals surface area contributed by atoms with E-state index in [1.165, 1.54) is 19.9 Å². The Morgan fingerprint density at radius 1 is 1.56 bits per heavy atom. The summed E-state index contributed by atoms with van der Waals surface area (Å²) in [6, 6.07) is 0. The van der Waals surface area contributed by atoms with Gasteiger partial charge in [0.25, 0.3) is 0 Å². The summed E-state index contributed by atoms with van der Waals surface area (Å²) in [7, 11) is 0. The Morgan fingerprint density at radius 3 is 1.89 bits per heavy atom. The van der Waals surface area contributed by atoms with Crippen LogP contribution in [0, 0.1) is 0 Å². The van der Waals surface area contributed by atoms with E-state index in [-0.39, 0.29) is 69.4 Å². The van der Waals surface area contributed by atoms with Gasteiger partial charge in [-0.05, 0) is 13.8 Å². The molecule has 0 heterocycles. The van der Waals surface area contributed by atoms with Crippen molar-refractivity contribution in [2.24, 2.45) is 0 Å². The molecule has 0 aromatic rings. The SMILES string of the molecule is CC(=O)/C=C(/C)O.N.[Ba+2].[H-].[H-]. The molecule has 0 amide bonds. The molecule has 0 spiro atoms. The molecule has 4 N–H and O–H groups in total. The van der Waals surface area contributed by atoms with Crippen LogP contribution in [0.5, 0.6) is 0 Å². The molecule has 9 heavy (non-hydrogen) atoms. The van der Waals surface area contributed by atoms with Gasteiger partial charge in [-0.3, -0.25) is 4.79 Å². The average molecular weight is 256 g/mol. The van der Waals surface area contributed by atoms with Crippen LogP contribution in [0.1, 0.15) is 16.7 Å². The van der Waals surface area contributed by atoms with Crippen LogP contribution in [0.4, 0.5) is 0 Å². The number of carbonyl (C=O) groups is 1. The summed E-state index contributed by atoms with van der Waals surface area (Å²) in [5.41, 5.74) is 0. The molecular formula is C5H13BaNO2. The summed E-state index contributed by atoms with van der Waals surface area (Å²) in [5, 5.41) is 8.36. The molecular weight excluding hydrogens is 243 g/mol. The van der Waals surface area contributed by atoms with Gasteiger partial charge in [0.05, 0.1) is 5.76 Å². The van der Waals surface area contributed by atoms with E-state index in [1.54, 1.807) is 0 Å². The van der Waals surface area contributed by atoms with Gasteiger partial charge in [0.1, 0.15) is 0 Å². The Morgan fingerprint density at radius 2 is 1.89 bits per heavy atom. The van der Waals surface area contributed by atoms with Gasteiger partial charge in [0.15, 0.2) is 5.78 Å². The second-order valence-electron chi connectivity index (χ2n) is 1.40. The van der Waals surface area contributed by atoms with Crippen molar-refractivity contribution >= 4 is 54.7 Å². The van der Waals surface area contributed by atoms with Gasteiger partial charge in [-0.15, -0.1) is 0 Å². The molecule has 4 heteroatoms. The molecule has 52 valence electrons. The first kappa shape index (κ1) is 16.4. The summed E-state index contributed by atoms with van der Waals surface area (Å²) < 4.78 is 0. The first-order valence-electron chi connectivity index (χ1n) is 2.01. The van der Waals surface area contributed by atoms with Crippen LogP contribution in [0.3, 0.4) is 0 Å². The molecule has 0 saturated carbocycles. The van der Waals surface area contributed by atoms with Gasteiger partial charge in [-0.25, -0.2) is 0 Å². The van der Waals surface area contributed by atoms with Gasteiger partial charge in [-0.1, -0.05) is 0 Å². The van der Waals surface area contributed by atoms with Crippen molar-refractivity contribution in [2.45, 2.75) is 13.8 Å². The first-order chi connectivity index (χ1) is 3.13. The second kappa shape index (κ2) is 8.74. The van der Waals surface area contributed by atoms with Crippen molar-refractivity contribution < 1.29 is 12.8 Å². The molecule has 0 aliphatic carbocycles. The monoisotopic (exact) mass is 257 g/mol. The van der Waals surface area contributed by atoms with E-state index in [9.17, 15) is 4.79 Å². The predicted octanol–water partition coefficient (Wildman–Crippen LogP) is 1.04. The maximum atomic E-state index is 10.0. The van der Waals surface area contributed by atoms with Crippen molar-refractivity contribution in [3.05, 3.63) is 11.8 Å². The second-order valence-corrected chi connectivity index (χ2v) is 1.40. The molecule has 0 radical (unpaired) electrons. The Bertz CT molecular complexity index is 115. The van der Waals surface area contributed by atoms with E-state index in [2.05, 4.69) is 0 Å². The van der Waals surface area contributed by atoms with Gasteiger partial charge in [-0.2, -0.15) is 0 Å². The molecule has 0 fully saturated rings. The Balaban J connectivity index is -0.0000000300. The van der Waals surface area contributed by atoms with Gasteiger partial charge >= 0.3 is 48.9 Å². The van der Waals surface area contributed by atoms with Crippen LogP contribution in [-0.4, -0.2) is 59.8 Å². The number of aliphatic hydroxyl groups excluding tert-OH is 1. The molecule has 0 rings (SSSR count). The van der Waals surface area contributed by atoms with Crippen molar-refractivity contribution in [2.75, 3.05) is 0 Å². The minimum absolute atomic E-state index is 0. The van der Waals surface area contributed by atoms with Gasteiger partial charge in [0.2, 0.25) is 0 Å². The maximum absolute atomic E-state index is 10.0. The van der Waals surface area contributed by atoms with Crippen molar-refractivity contribution in [3.63, 3.8) is 0 Å². The minimum Gasteiger partial charge on any atom is -1.00 e. The third-order valence-electron chi connectivity index (χ3n) is 0.412. The molecule has 0 bridgehead atoms. The number of hydrogen-bond donors (Lipinski definition) is 2. The third-order valence-corrected chi connectivity index (χ3v) is 0.412. The molecule has 0 aromatic carbocycles. The number of allylic oxidation sites excluding steroid dienone is 2. The van der Waals surface area contributed by atoms with E-state index in [0.717, 1.165) is 0 Å². The number of hydrogen-bond acceptors (Lipinski definition) is 3. The molecule has 0 atom stereocenters. The number of rotatable bonds is 1. The minimum atomic E-state index is -0.125. The quantitative estimate of drug-likeness (QED) is 0.418. The fourth-order valence-corrected chi connectivity index (χ4v) is 0.294. The predicted molar refractivity (Wildman–Crippen MR) is 40.1 cm³/mol. The van der Waals surface area contributed by atoms with E-state index in [4.69, 9.17) is 5.11 Å². The van der Waals surface area contributed by atoms with Crippen LogP contribution in [0.2, 0.25) is 0 Å². The molecule has 3 nitrogen and oxygen atoms in total. The van der Waals surface area contributed by atoms with E-state index in [1.807, 2.05) is 0 Å². The Labute approximate surface area is 98.1 Å². The number of aliphatic hydroxyl groups is 1. The summed E-state index contributed by atoms with van der Waals surface area (Å²) in [6.45, 7) is 2.85. The zero-order valence-corrected chi connectivity index (χ0v) is 10.3. The zero-order valence-electron chi connectivity index (χ0n) is 7.85. The summed E-state index contributed by atoms with van der Waals surface area (Å²) in [6.07, 6.45) is 1.17. The molecule has 0 aliphatic heterocycles. The normalized spacial score (nSPS) is 8.89. The fourth-order valence-electron chi connectivity index (χ4n) is 0.294. The molecule has 0 saturated heterocycles. The fraction of sp³-hybridized carbons (Fsp3) is 0.400. The smallest absolute Gasteiger partial charge is 1.00 e. The molecule has 0 aliphatic rings. The maximum Gasteiger partial charge on any atom is 2.00 e. The average Bonchev–Trinajstić information content (AvgIpc) is 1.27. The summed E-state index contributed by atoms with van der Waals surface area (Å²) >= 11 is 0.